The zero-order chi connectivity index (χ0) is 13.1. The van der Waals surface area contributed by atoms with Crippen LogP contribution in [0.1, 0.15) is 5.69 Å². The molecule has 1 aromatic heterocycles. The summed E-state index contributed by atoms with van der Waals surface area (Å²) in [5.41, 5.74) is 5.67. The predicted molar refractivity (Wildman–Crippen MR) is 79.8 cm³/mol. The Morgan fingerprint density at radius 2 is 1.21 bits per heavy atom. The molecule has 1 heterocycles. The number of hydrogen-bond donors (Lipinski definition) is 0. The molecule has 2 aromatic carbocycles. The van der Waals surface area contributed by atoms with Crippen molar-refractivity contribution in [2.75, 3.05) is 0 Å². The van der Waals surface area contributed by atoms with Crippen molar-refractivity contribution >= 4 is 0 Å². The van der Waals surface area contributed by atoms with Gasteiger partial charge in [-0.05, 0) is 30.2 Å². The Morgan fingerprint density at radius 3 is 1.84 bits per heavy atom. The number of hydrogen-bond acceptors (Lipinski definition) is 1. The highest BCUT2D eigenvalue weighted by molar-refractivity contribution is 5.70. The van der Waals surface area contributed by atoms with Crippen molar-refractivity contribution in [2.24, 2.45) is 0 Å². The van der Waals surface area contributed by atoms with E-state index in [0.29, 0.717) is 0 Å². The third-order valence-corrected chi connectivity index (χ3v) is 3.13. The lowest BCUT2D eigenvalue weighted by Crippen LogP contribution is -1.89. The highest BCUT2D eigenvalue weighted by Gasteiger charge is 2.04. The molecule has 0 N–H and O–H groups in total. The minimum absolute atomic E-state index is 1.03. The molecule has 0 aliphatic carbocycles. The van der Waals surface area contributed by atoms with Crippen molar-refractivity contribution in [1.82, 2.24) is 4.98 Å². The third-order valence-electron chi connectivity index (χ3n) is 3.13. The van der Waals surface area contributed by atoms with Gasteiger partial charge in [-0.3, -0.25) is 4.98 Å². The van der Waals surface area contributed by atoms with Gasteiger partial charge in [0.25, 0.3) is 0 Å². The van der Waals surface area contributed by atoms with Gasteiger partial charge in [-0.2, -0.15) is 0 Å². The van der Waals surface area contributed by atoms with E-state index in [1.807, 2.05) is 31.2 Å². The van der Waals surface area contributed by atoms with Crippen LogP contribution in [0.3, 0.4) is 0 Å². The predicted octanol–water partition coefficient (Wildman–Crippen LogP) is 4.72. The van der Waals surface area contributed by atoms with E-state index < -0.39 is 0 Å². The van der Waals surface area contributed by atoms with Crippen LogP contribution in [0.15, 0.2) is 72.8 Å². The Morgan fingerprint density at radius 1 is 0.632 bits per heavy atom. The van der Waals surface area contributed by atoms with Gasteiger partial charge in [0.2, 0.25) is 0 Å². The first-order valence-corrected chi connectivity index (χ1v) is 6.42. The lowest BCUT2D eigenvalue weighted by atomic mass is 10.0. The summed E-state index contributed by atoms with van der Waals surface area (Å²) in [4.78, 5) is 4.63. The van der Waals surface area contributed by atoms with Crippen LogP contribution < -0.4 is 0 Å². The number of aryl methyl sites for hydroxylation is 1. The second-order valence-corrected chi connectivity index (χ2v) is 4.61. The fourth-order valence-electron chi connectivity index (χ4n) is 2.22. The maximum absolute atomic E-state index is 4.63. The van der Waals surface area contributed by atoms with E-state index in [2.05, 4.69) is 53.5 Å². The molecular weight excluding hydrogens is 230 g/mol. The van der Waals surface area contributed by atoms with Gasteiger partial charge < -0.3 is 0 Å². The number of aromatic nitrogens is 1. The van der Waals surface area contributed by atoms with E-state index in [1.165, 1.54) is 11.1 Å². The second kappa shape index (κ2) is 5.07. The number of nitrogens with zero attached hydrogens (tertiary/aromatic N) is 1. The molecule has 92 valence electrons. The van der Waals surface area contributed by atoms with Crippen molar-refractivity contribution in [3.8, 4) is 22.4 Å². The summed E-state index contributed by atoms with van der Waals surface area (Å²) in [6.07, 6.45) is 0. The first kappa shape index (κ1) is 11.7. The molecule has 0 spiro atoms. The average molecular weight is 245 g/mol. The molecule has 0 amide bonds. The normalized spacial score (nSPS) is 10.4. The molecule has 0 atom stereocenters. The first-order chi connectivity index (χ1) is 9.33. The van der Waals surface area contributed by atoms with Crippen LogP contribution in [-0.4, -0.2) is 4.98 Å². The summed E-state index contributed by atoms with van der Waals surface area (Å²) < 4.78 is 0. The van der Waals surface area contributed by atoms with Gasteiger partial charge in [0.15, 0.2) is 0 Å². The second-order valence-electron chi connectivity index (χ2n) is 4.61. The zero-order valence-corrected chi connectivity index (χ0v) is 10.9. The van der Waals surface area contributed by atoms with E-state index in [4.69, 9.17) is 0 Å². The number of rotatable bonds is 2. The minimum Gasteiger partial charge on any atom is -0.253 e. The van der Waals surface area contributed by atoms with Crippen LogP contribution in [0.5, 0.6) is 0 Å². The third kappa shape index (κ3) is 2.55. The van der Waals surface area contributed by atoms with Crippen LogP contribution in [0.25, 0.3) is 22.4 Å². The fraction of sp³-hybridized carbons (Fsp3) is 0.0556. The van der Waals surface area contributed by atoms with Gasteiger partial charge in [0, 0.05) is 11.3 Å². The standard InChI is InChI=1S/C18H15N/c1-14-12-17(15-8-4-2-5-9-15)13-18(19-14)16-10-6-3-7-11-16/h2-13H,1H3. The Balaban J connectivity index is 2.12. The topological polar surface area (TPSA) is 12.9 Å². The van der Waals surface area contributed by atoms with Crippen molar-refractivity contribution in [3.63, 3.8) is 0 Å². The summed E-state index contributed by atoms with van der Waals surface area (Å²) in [5.74, 6) is 0. The summed E-state index contributed by atoms with van der Waals surface area (Å²) in [6, 6.07) is 25.0. The largest absolute Gasteiger partial charge is 0.253 e. The van der Waals surface area contributed by atoms with Gasteiger partial charge in [0.1, 0.15) is 0 Å². The molecule has 1 heteroatoms. The van der Waals surface area contributed by atoms with E-state index in [0.717, 1.165) is 17.0 Å². The molecule has 19 heavy (non-hydrogen) atoms. The quantitative estimate of drug-likeness (QED) is 0.636. The summed E-state index contributed by atoms with van der Waals surface area (Å²) in [6.45, 7) is 2.04. The van der Waals surface area contributed by atoms with Crippen LogP contribution in [-0.2, 0) is 0 Å². The monoisotopic (exact) mass is 245 g/mol. The van der Waals surface area contributed by atoms with Crippen LogP contribution in [0, 0.1) is 6.92 Å². The van der Waals surface area contributed by atoms with Crippen molar-refractivity contribution in [2.45, 2.75) is 6.92 Å². The maximum atomic E-state index is 4.63. The van der Waals surface area contributed by atoms with E-state index in [1.54, 1.807) is 0 Å². The molecule has 0 bridgehead atoms. The van der Waals surface area contributed by atoms with Crippen molar-refractivity contribution in [3.05, 3.63) is 78.5 Å². The number of benzene rings is 2. The Labute approximate surface area is 113 Å². The maximum Gasteiger partial charge on any atom is 0.0711 e. The molecule has 3 rings (SSSR count). The SMILES string of the molecule is Cc1cc(-c2ccccc2)cc(-c2ccccc2)n1. The molecule has 0 aliphatic heterocycles. The minimum atomic E-state index is 1.03. The van der Waals surface area contributed by atoms with Crippen LogP contribution in [0.2, 0.25) is 0 Å². The van der Waals surface area contributed by atoms with E-state index >= 15 is 0 Å². The van der Waals surface area contributed by atoms with Gasteiger partial charge in [0.05, 0.1) is 5.69 Å². The lowest BCUT2D eigenvalue weighted by molar-refractivity contribution is 1.21. The van der Waals surface area contributed by atoms with Gasteiger partial charge >= 0.3 is 0 Å². The molecular formula is C18H15N. The van der Waals surface area contributed by atoms with Gasteiger partial charge in [-0.15, -0.1) is 0 Å². The van der Waals surface area contributed by atoms with E-state index in [-0.39, 0.29) is 0 Å². The molecule has 0 fully saturated rings. The lowest BCUT2D eigenvalue weighted by Gasteiger charge is -2.07. The Kier molecular flexibility index (Phi) is 3.11. The van der Waals surface area contributed by atoms with Crippen molar-refractivity contribution in [1.29, 1.82) is 0 Å². The zero-order valence-electron chi connectivity index (χ0n) is 10.9. The highest BCUT2D eigenvalue weighted by atomic mass is 14.7. The molecule has 0 radical (unpaired) electrons. The van der Waals surface area contributed by atoms with Gasteiger partial charge in [-0.1, -0.05) is 60.7 Å². The Bertz CT molecular complexity index is 615. The smallest absolute Gasteiger partial charge is 0.0711 e. The number of pyridine rings is 1. The van der Waals surface area contributed by atoms with Crippen LogP contribution >= 0.6 is 0 Å². The molecule has 0 aliphatic rings. The fourth-order valence-corrected chi connectivity index (χ4v) is 2.22. The van der Waals surface area contributed by atoms with E-state index in [9.17, 15) is 0 Å². The van der Waals surface area contributed by atoms with Crippen molar-refractivity contribution < 1.29 is 0 Å². The Hall–Kier alpha value is -2.41. The van der Waals surface area contributed by atoms with Gasteiger partial charge in [-0.25, -0.2) is 0 Å². The molecule has 3 aromatic rings. The molecule has 0 saturated heterocycles. The summed E-state index contributed by atoms with van der Waals surface area (Å²) >= 11 is 0. The molecule has 1 nitrogen and oxygen atoms in total. The first-order valence-electron chi connectivity index (χ1n) is 6.42. The molecule has 0 unspecified atom stereocenters. The highest BCUT2D eigenvalue weighted by Crippen LogP contribution is 2.25. The summed E-state index contributed by atoms with van der Waals surface area (Å²) in [5, 5.41) is 0. The summed E-state index contributed by atoms with van der Waals surface area (Å²) in [7, 11) is 0. The van der Waals surface area contributed by atoms with Crippen LogP contribution in [0.4, 0.5) is 0 Å². The molecule has 0 saturated carbocycles. The average Bonchev–Trinajstić information content (AvgIpc) is 2.48.